The van der Waals surface area contributed by atoms with Crippen LogP contribution in [-0.4, -0.2) is 19.9 Å². The average molecular weight is 531 g/mol. The van der Waals surface area contributed by atoms with E-state index in [2.05, 4.69) is 9.30 Å². The minimum atomic E-state index is -4.07. The fraction of sp³-hybridized carbons (Fsp3) is 0.0909. The molecule has 6 heteroatoms. The first-order valence-corrected chi connectivity index (χ1v) is 14.2. The lowest BCUT2D eigenvalue weighted by Gasteiger charge is -2.42. The van der Waals surface area contributed by atoms with Gasteiger partial charge in [0.15, 0.2) is 5.78 Å². The van der Waals surface area contributed by atoms with Crippen LogP contribution in [0.1, 0.15) is 39.5 Å². The summed E-state index contributed by atoms with van der Waals surface area (Å²) in [6, 6.07) is 33.3. The number of benzene rings is 4. The molecule has 0 fully saturated rings. The Morgan fingerprint density at radius 3 is 2.15 bits per heavy atom. The lowest BCUT2D eigenvalue weighted by molar-refractivity contribution is 0.103. The van der Waals surface area contributed by atoms with Crippen LogP contribution in [0.5, 0.6) is 0 Å². The Bertz CT molecular complexity index is 1750. The molecule has 6 rings (SSSR count). The molecule has 0 saturated carbocycles. The Morgan fingerprint density at radius 2 is 1.44 bits per heavy atom. The molecule has 0 spiro atoms. The van der Waals surface area contributed by atoms with Crippen LogP contribution < -0.4 is 4.90 Å². The van der Waals surface area contributed by atoms with Gasteiger partial charge in [-0.15, -0.1) is 0 Å². The highest BCUT2D eigenvalue weighted by atomic mass is 32.2. The van der Waals surface area contributed by atoms with Gasteiger partial charge in [-0.3, -0.25) is 4.79 Å². The molecule has 0 amide bonds. The number of allylic oxidation sites excluding steroid dienone is 2. The Labute approximate surface area is 228 Å². The first kappa shape index (κ1) is 24.8. The molecule has 0 radical (unpaired) electrons. The maximum atomic E-state index is 14.1. The minimum absolute atomic E-state index is 0.0975. The maximum absolute atomic E-state index is 14.1. The first-order chi connectivity index (χ1) is 18.9. The van der Waals surface area contributed by atoms with Crippen molar-refractivity contribution >= 4 is 33.3 Å². The van der Waals surface area contributed by atoms with Crippen LogP contribution in [0.3, 0.4) is 0 Å². The largest absolute Gasteiger partial charge is 0.332 e. The number of hydrogen-bond acceptors (Lipinski definition) is 4. The van der Waals surface area contributed by atoms with Crippen molar-refractivity contribution < 1.29 is 13.2 Å². The van der Waals surface area contributed by atoms with Crippen molar-refractivity contribution in [2.45, 2.75) is 24.3 Å². The van der Waals surface area contributed by atoms with E-state index in [9.17, 15) is 13.2 Å². The summed E-state index contributed by atoms with van der Waals surface area (Å²) in [7, 11) is -4.07. The predicted octanol–water partition coefficient (Wildman–Crippen LogP) is 6.94. The zero-order chi connectivity index (χ0) is 27.0. The van der Waals surface area contributed by atoms with Crippen molar-refractivity contribution in [3.8, 4) is 0 Å². The summed E-state index contributed by atoms with van der Waals surface area (Å²) >= 11 is 0. The number of para-hydroxylation sites is 1. The molecule has 2 heterocycles. The van der Waals surface area contributed by atoms with Crippen molar-refractivity contribution in [3.63, 3.8) is 0 Å². The van der Waals surface area contributed by atoms with Gasteiger partial charge < -0.3 is 4.90 Å². The number of carbonyl (C=O) groups is 1. The molecule has 1 atom stereocenters. The molecule has 2 aliphatic heterocycles. The number of ketones is 1. The standard InChI is InChI=1S/C33H26N2O3S/c1-23-16-19-27(20-17-23)39(37,38)34-28-22-31(24-10-4-2-5-11-24)35-29-15-9-8-12-25(29)18-21-30(35)32(28)33(36)26-13-6-3-7-14-26/h2-21,31H,22H2,1H3/b34-28+. The van der Waals surface area contributed by atoms with Crippen molar-refractivity contribution in [2.75, 3.05) is 4.90 Å². The number of sulfonamides is 1. The van der Waals surface area contributed by atoms with Crippen LogP contribution in [0, 0.1) is 6.92 Å². The van der Waals surface area contributed by atoms with Crippen molar-refractivity contribution in [2.24, 2.45) is 4.40 Å². The van der Waals surface area contributed by atoms with Gasteiger partial charge >= 0.3 is 0 Å². The van der Waals surface area contributed by atoms with E-state index >= 15 is 0 Å². The zero-order valence-corrected chi connectivity index (χ0v) is 22.2. The Balaban J connectivity index is 1.62. The van der Waals surface area contributed by atoms with Gasteiger partial charge in [-0.25, -0.2) is 0 Å². The number of carbonyl (C=O) groups excluding carboxylic acids is 1. The smallest absolute Gasteiger partial charge is 0.282 e. The van der Waals surface area contributed by atoms with E-state index in [4.69, 9.17) is 0 Å². The summed E-state index contributed by atoms with van der Waals surface area (Å²) in [5.74, 6) is -0.260. The Hall–Kier alpha value is -4.55. The maximum Gasteiger partial charge on any atom is 0.282 e. The molecule has 4 aromatic carbocycles. The van der Waals surface area contributed by atoms with E-state index < -0.39 is 10.0 Å². The summed E-state index contributed by atoms with van der Waals surface area (Å²) in [5.41, 5.74) is 5.62. The number of rotatable bonds is 5. The fourth-order valence-corrected chi connectivity index (χ4v) is 6.25. The average Bonchev–Trinajstić information content (AvgIpc) is 2.97. The third kappa shape index (κ3) is 4.64. The molecule has 0 aliphatic carbocycles. The number of hydrogen-bond donors (Lipinski definition) is 0. The van der Waals surface area contributed by atoms with E-state index in [0.717, 1.165) is 22.4 Å². The summed E-state index contributed by atoms with van der Waals surface area (Å²) in [6.45, 7) is 1.90. The third-order valence-corrected chi connectivity index (χ3v) is 8.44. The van der Waals surface area contributed by atoms with Gasteiger partial charge in [0.1, 0.15) is 0 Å². The van der Waals surface area contributed by atoms with Crippen LogP contribution in [0.4, 0.5) is 5.69 Å². The molecule has 0 bridgehead atoms. The molecular formula is C33H26N2O3S. The molecule has 4 aromatic rings. The van der Waals surface area contributed by atoms with Gasteiger partial charge in [-0.1, -0.05) is 103 Å². The van der Waals surface area contributed by atoms with Crippen LogP contribution in [-0.2, 0) is 10.0 Å². The second-order valence-electron chi connectivity index (χ2n) is 9.67. The molecule has 192 valence electrons. The molecule has 0 saturated heterocycles. The molecule has 39 heavy (non-hydrogen) atoms. The highest BCUT2D eigenvalue weighted by Gasteiger charge is 2.39. The SMILES string of the molecule is Cc1ccc(S(=O)(=O)/N=C2\CC(c3ccccc3)N3C(=C2C(=O)c2ccccc2)C=Cc2ccccc23)cc1. The fourth-order valence-electron chi connectivity index (χ4n) is 5.20. The monoisotopic (exact) mass is 530 g/mol. The van der Waals surface area contributed by atoms with E-state index in [1.54, 1.807) is 48.5 Å². The van der Waals surface area contributed by atoms with Gasteiger partial charge in [0.05, 0.1) is 27.9 Å². The van der Waals surface area contributed by atoms with Gasteiger partial charge in [0.2, 0.25) is 0 Å². The predicted molar refractivity (Wildman–Crippen MR) is 155 cm³/mol. The molecular weight excluding hydrogens is 504 g/mol. The van der Waals surface area contributed by atoms with Gasteiger partial charge in [0.25, 0.3) is 10.0 Å². The van der Waals surface area contributed by atoms with E-state index in [0.29, 0.717) is 16.8 Å². The molecule has 1 unspecified atom stereocenters. The minimum Gasteiger partial charge on any atom is -0.332 e. The summed E-state index contributed by atoms with van der Waals surface area (Å²) < 4.78 is 31.5. The van der Waals surface area contributed by atoms with Crippen LogP contribution in [0.25, 0.3) is 6.08 Å². The first-order valence-electron chi connectivity index (χ1n) is 12.8. The van der Waals surface area contributed by atoms with E-state index in [1.165, 1.54) is 0 Å². The second kappa shape index (κ2) is 9.97. The number of anilines is 1. The lowest BCUT2D eigenvalue weighted by atomic mass is 9.84. The Morgan fingerprint density at radius 1 is 0.795 bits per heavy atom. The quantitative estimate of drug-likeness (QED) is 0.262. The summed E-state index contributed by atoms with van der Waals surface area (Å²) in [5, 5.41) is 0. The second-order valence-corrected chi connectivity index (χ2v) is 11.3. The zero-order valence-electron chi connectivity index (χ0n) is 21.4. The number of Topliss-reactive ketones (excluding diaryl/α,β-unsaturated/α-hetero) is 1. The highest BCUT2D eigenvalue weighted by molar-refractivity contribution is 7.90. The summed E-state index contributed by atoms with van der Waals surface area (Å²) in [6.07, 6.45) is 4.12. The van der Waals surface area contributed by atoms with Crippen LogP contribution >= 0.6 is 0 Å². The topological polar surface area (TPSA) is 66.8 Å². The van der Waals surface area contributed by atoms with Crippen molar-refractivity contribution in [1.29, 1.82) is 0 Å². The van der Waals surface area contributed by atoms with Crippen molar-refractivity contribution in [3.05, 3.63) is 149 Å². The molecule has 2 aliphatic rings. The number of fused-ring (bicyclic) bond motifs is 3. The summed E-state index contributed by atoms with van der Waals surface area (Å²) in [4.78, 5) is 16.3. The van der Waals surface area contributed by atoms with E-state index in [1.807, 2.05) is 79.7 Å². The van der Waals surface area contributed by atoms with Crippen LogP contribution in [0.2, 0.25) is 0 Å². The van der Waals surface area contributed by atoms with E-state index in [-0.39, 0.29) is 28.9 Å². The lowest BCUT2D eigenvalue weighted by Crippen LogP contribution is -2.39. The highest BCUT2D eigenvalue weighted by Crippen LogP contribution is 2.45. The molecule has 0 aromatic heterocycles. The third-order valence-electron chi connectivity index (χ3n) is 7.12. The number of aryl methyl sites for hydroxylation is 1. The van der Waals surface area contributed by atoms with Gasteiger partial charge in [0, 0.05) is 17.7 Å². The molecule has 5 nitrogen and oxygen atoms in total. The molecule has 0 N–H and O–H groups in total. The van der Waals surface area contributed by atoms with Gasteiger partial charge in [-0.05, 0) is 42.3 Å². The Kier molecular flexibility index (Phi) is 6.33. The van der Waals surface area contributed by atoms with Crippen molar-refractivity contribution in [1.82, 2.24) is 0 Å². The van der Waals surface area contributed by atoms with Crippen LogP contribution in [0.15, 0.2) is 136 Å². The normalized spacial score (nSPS) is 17.6. The van der Waals surface area contributed by atoms with Gasteiger partial charge in [-0.2, -0.15) is 12.8 Å². The number of nitrogens with zero attached hydrogens (tertiary/aromatic N) is 2.